The van der Waals surface area contributed by atoms with Crippen molar-refractivity contribution in [2.24, 2.45) is 0 Å². The molecule has 0 N–H and O–H groups in total. The fourth-order valence-corrected chi connectivity index (χ4v) is 3.19. The summed E-state index contributed by atoms with van der Waals surface area (Å²) < 4.78 is 17.9. The van der Waals surface area contributed by atoms with Gasteiger partial charge in [-0.3, -0.25) is 0 Å². The van der Waals surface area contributed by atoms with Crippen LogP contribution in [0.2, 0.25) is 5.02 Å². The molecule has 0 bridgehead atoms. The fourth-order valence-electron chi connectivity index (χ4n) is 2.99. The molecular formula is C19H22BClO3. The zero-order chi connectivity index (χ0) is 17.2. The minimum atomic E-state index is -0.475. The Bertz CT molecular complexity index is 690. The summed E-state index contributed by atoms with van der Waals surface area (Å²) in [5.41, 5.74) is 1.68. The molecule has 1 aliphatic heterocycles. The molecule has 5 heteroatoms. The van der Waals surface area contributed by atoms with Gasteiger partial charge in [-0.1, -0.05) is 41.9 Å². The molecule has 2 aromatic carbocycles. The Morgan fingerprint density at radius 3 is 2.67 bits per heavy atom. The van der Waals surface area contributed by atoms with Crippen LogP contribution in [0.4, 0.5) is 0 Å². The van der Waals surface area contributed by atoms with E-state index in [9.17, 15) is 0 Å². The third kappa shape index (κ3) is 4.32. The summed E-state index contributed by atoms with van der Waals surface area (Å²) in [7, 11) is -0.475. The average Bonchev–Trinajstić information content (AvgIpc) is 2.53. The first-order chi connectivity index (χ1) is 11.4. The van der Waals surface area contributed by atoms with Gasteiger partial charge in [0.05, 0.1) is 5.60 Å². The maximum atomic E-state index is 6.37. The van der Waals surface area contributed by atoms with Crippen LogP contribution >= 0.6 is 11.6 Å². The smallest absolute Gasteiger partial charge is 0.489 e. The minimum Gasteiger partial charge on any atom is -0.489 e. The molecule has 1 heterocycles. The van der Waals surface area contributed by atoms with Gasteiger partial charge in [-0.2, -0.15) is 0 Å². The van der Waals surface area contributed by atoms with E-state index in [1.165, 1.54) is 0 Å². The molecule has 2 aromatic rings. The van der Waals surface area contributed by atoms with Crippen molar-refractivity contribution in [3.8, 4) is 5.75 Å². The molecule has 0 amide bonds. The number of halogens is 1. The van der Waals surface area contributed by atoms with Crippen molar-refractivity contribution in [3.05, 3.63) is 59.1 Å². The van der Waals surface area contributed by atoms with Gasteiger partial charge in [-0.25, -0.2) is 0 Å². The van der Waals surface area contributed by atoms with Crippen LogP contribution in [-0.2, 0) is 15.9 Å². The number of hydrogen-bond donors (Lipinski definition) is 0. The van der Waals surface area contributed by atoms with E-state index in [1.54, 1.807) is 0 Å². The molecule has 24 heavy (non-hydrogen) atoms. The summed E-state index contributed by atoms with van der Waals surface area (Å²) in [5.74, 6) is 0.751. The van der Waals surface area contributed by atoms with Crippen molar-refractivity contribution >= 4 is 24.2 Å². The van der Waals surface area contributed by atoms with Crippen molar-refractivity contribution in [1.29, 1.82) is 0 Å². The molecule has 1 unspecified atom stereocenters. The Hall–Kier alpha value is -1.49. The monoisotopic (exact) mass is 344 g/mol. The summed E-state index contributed by atoms with van der Waals surface area (Å²) in [6, 6.07) is 15.7. The molecule has 0 aliphatic carbocycles. The molecule has 1 saturated heterocycles. The van der Waals surface area contributed by atoms with E-state index in [4.69, 9.17) is 25.6 Å². The Kier molecular flexibility index (Phi) is 5.19. The second-order valence-electron chi connectivity index (χ2n) is 6.82. The van der Waals surface area contributed by atoms with Crippen LogP contribution in [0.1, 0.15) is 32.8 Å². The van der Waals surface area contributed by atoms with Crippen LogP contribution in [0.3, 0.4) is 0 Å². The standard InChI is InChI=1S/C19H22BClO3/c1-14-12-19(2,3)24-20(23-14)17-11-16(9-10-18(17)21)22-13-15-7-5-4-6-8-15/h4-11,14H,12-13H2,1-3H3. The Morgan fingerprint density at radius 1 is 1.21 bits per heavy atom. The van der Waals surface area contributed by atoms with E-state index in [-0.39, 0.29) is 11.7 Å². The third-order valence-electron chi connectivity index (χ3n) is 4.03. The fraction of sp³-hybridized carbons (Fsp3) is 0.368. The predicted octanol–water partition coefficient (Wildman–Crippen LogP) is 4.22. The van der Waals surface area contributed by atoms with Crippen LogP contribution in [0.25, 0.3) is 0 Å². The summed E-state index contributed by atoms with van der Waals surface area (Å²) in [5, 5.41) is 0.622. The Labute approximate surface area is 149 Å². The van der Waals surface area contributed by atoms with Crippen molar-refractivity contribution in [1.82, 2.24) is 0 Å². The van der Waals surface area contributed by atoms with Crippen molar-refractivity contribution in [2.75, 3.05) is 0 Å². The SMILES string of the molecule is CC1CC(C)(C)OB(c2cc(OCc3ccccc3)ccc2Cl)O1. The highest BCUT2D eigenvalue weighted by atomic mass is 35.5. The quantitative estimate of drug-likeness (QED) is 0.777. The zero-order valence-corrected chi connectivity index (χ0v) is 15.0. The molecular weight excluding hydrogens is 322 g/mol. The summed E-state index contributed by atoms with van der Waals surface area (Å²) in [6.45, 7) is 6.71. The maximum Gasteiger partial charge on any atom is 0.496 e. The summed E-state index contributed by atoms with van der Waals surface area (Å²) in [4.78, 5) is 0. The van der Waals surface area contributed by atoms with E-state index in [0.717, 1.165) is 23.2 Å². The molecule has 1 aliphatic rings. The molecule has 3 rings (SSSR count). The zero-order valence-electron chi connectivity index (χ0n) is 14.3. The summed E-state index contributed by atoms with van der Waals surface area (Å²) in [6.07, 6.45) is 0.967. The van der Waals surface area contributed by atoms with Gasteiger partial charge < -0.3 is 14.0 Å². The van der Waals surface area contributed by atoms with Crippen molar-refractivity contribution in [2.45, 2.75) is 45.5 Å². The normalized spacial score (nSPS) is 20.0. The summed E-state index contributed by atoms with van der Waals surface area (Å²) >= 11 is 6.37. The second-order valence-corrected chi connectivity index (χ2v) is 7.23. The highest BCUT2D eigenvalue weighted by Crippen LogP contribution is 2.27. The number of ether oxygens (including phenoxy) is 1. The van der Waals surface area contributed by atoms with E-state index < -0.39 is 7.12 Å². The third-order valence-corrected chi connectivity index (χ3v) is 4.37. The first kappa shape index (κ1) is 17.3. The maximum absolute atomic E-state index is 6.37. The molecule has 1 fully saturated rings. The van der Waals surface area contributed by atoms with E-state index in [1.807, 2.05) is 48.5 Å². The van der Waals surface area contributed by atoms with E-state index >= 15 is 0 Å². The lowest BCUT2D eigenvalue weighted by molar-refractivity contribution is -0.0229. The van der Waals surface area contributed by atoms with Crippen molar-refractivity contribution in [3.63, 3.8) is 0 Å². The number of hydrogen-bond acceptors (Lipinski definition) is 3. The largest absolute Gasteiger partial charge is 0.496 e. The first-order valence-electron chi connectivity index (χ1n) is 8.22. The average molecular weight is 345 g/mol. The molecule has 3 nitrogen and oxygen atoms in total. The number of rotatable bonds is 4. The highest BCUT2D eigenvalue weighted by Gasteiger charge is 2.39. The predicted molar refractivity (Wildman–Crippen MR) is 97.9 cm³/mol. The highest BCUT2D eigenvalue weighted by molar-refractivity contribution is 6.65. The van der Waals surface area contributed by atoms with Gasteiger partial charge in [0.2, 0.25) is 0 Å². The minimum absolute atomic E-state index is 0.115. The van der Waals surface area contributed by atoms with Crippen LogP contribution in [0, 0.1) is 0 Å². The van der Waals surface area contributed by atoms with Gasteiger partial charge in [0, 0.05) is 16.6 Å². The molecule has 0 spiro atoms. The first-order valence-corrected chi connectivity index (χ1v) is 8.60. The molecule has 126 valence electrons. The topological polar surface area (TPSA) is 27.7 Å². The molecule has 0 radical (unpaired) electrons. The lowest BCUT2D eigenvalue weighted by atomic mass is 9.75. The van der Waals surface area contributed by atoms with Gasteiger partial charge >= 0.3 is 7.12 Å². The Morgan fingerprint density at radius 2 is 1.96 bits per heavy atom. The molecule has 0 saturated carbocycles. The molecule has 0 aromatic heterocycles. The van der Waals surface area contributed by atoms with Gasteiger partial charge in [-0.05, 0) is 51.0 Å². The van der Waals surface area contributed by atoms with Crippen molar-refractivity contribution < 1.29 is 14.0 Å². The van der Waals surface area contributed by atoms with Gasteiger partial charge in [0.25, 0.3) is 0 Å². The van der Waals surface area contributed by atoms with Gasteiger partial charge in [0.1, 0.15) is 12.4 Å². The second kappa shape index (κ2) is 7.18. The van der Waals surface area contributed by atoms with E-state index in [2.05, 4.69) is 20.8 Å². The van der Waals surface area contributed by atoms with E-state index in [0.29, 0.717) is 11.6 Å². The van der Waals surface area contributed by atoms with Crippen LogP contribution < -0.4 is 10.2 Å². The number of benzene rings is 2. The molecule has 1 atom stereocenters. The lowest BCUT2D eigenvalue weighted by Gasteiger charge is -2.38. The van der Waals surface area contributed by atoms with Crippen LogP contribution in [-0.4, -0.2) is 18.8 Å². The van der Waals surface area contributed by atoms with Crippen LogP contribution in [0.5, 0.6) is 5.75 Å². The van der Waals surface area contributed by atoms with Gasteiger partial charge in [-0.15, -0.1) is 0 Å². The van der Waals surface area contributed by atoms with Gasteiger partial charge in [0.15, 0.2) is 0 Å². The lowest BCUT2D eigenvalue weighted by Crippen LogP contribution is -2.52. The van der Waals surface area contributed by atoms with Crippen LogP contribution in [0.15, 0.2) is 48.5 Å². The Balaban J connectivity index is 1.76.